The van der Waals surface area contributed by atoms with E-state index in [0.29, 0.717) is 0 Å². The molecule has 4 rings (SSSR count). The van der Waals surface area contributed by atoms with E-state index in [-0.39, 0.29) is 24.7 Å². The second kappa shape index (κ2) is 13.5. The van der Waals surface area contributed by atoms with Crippen LogP contribution in [0.15, 0.2) is 91.0 Å². The van der Waals surface area contributed by atoms with E-state index in [1.165, 1.54) is 4.90 Å². The highest BCUT2D eigenvalue weighted by Crippen LogP contribution is 2.43. The average Bonchev–Trinajstić information content (AvgIpc) is 3.24. The van der Waals surface area contributed by atoms with Crippen LogP contribution in [0.4, 0.5) is 4.79 Å². The van der Waals surface area contributed by atoms with E-state index in [1.807, 2.05) is 66.7 Å². The zero-order valence-electron chi connectivity index (χ0n) is 26.9. The molecule has 234 valence electrons. The largest absolute Gasteiger partial charge is 0.466 e. The number of ether oxygens (including phenoxy) is 2. The fraction of sp³-hybridized carbons (Fsp3) is 0.417. The number of amides is 2. The van der Waals surface area contributed by atoms with Crippen molar-refractivity contribution in [3.8, 4) is 0 Å². The molecule has 3 aromatic rings. The topological polar surface area (TPSA) is 82.1 Å². The first-order valence-electron chi connectivity index (χ1n) is 15.3. The molecule has 2 amide bonds. The third-order valence-corrected chi connectivity index (χ3v) is 13.1. The predicted molar refractivity (Wildman–Crippen MR) is 174 cm³/mol. The summed E-state index contributed by atoms with van der Waals surface area (Å²) in [6, 6.07) is 28.9. The van der Waals surface area contributed by atoms with Crippen LogP contribution in [0.25, 0.3) is 0 Å². The van der Waals surface area contributed by atoms with Gasteiger partial charge in [-0.25, -0.2) is 9.69 Å². The number of carbonyl (C=O) groups is 3. The summed E-state index contributed by atoms with van der Waals surface area (Å²) in [4.78, 5) is 42.3. The number of carbonyl (C=O) groups excluding carboxylic acids is 3. The van der Waals surface area contributed by atoms with Gasteiger partial charge in [0.1, 0.15) is 5.60 Å². The van der Waals surface area contributed by atoms with E-state index < -0.39 is 49.8 Å². The number of hydrogen-bond acceptors (Lipinski definition) is 6. The highest BCUT2D eigenvalue weighted by molar-refractivity contribution is 6.99. The van der Waals surface area contributed by atoms with E-state index in [1.54, 1.807) is 27.7 Å². The van der Waals surface area contributed by atoms with Gasteiger partial charge in [0.15, 0.2) is 0 Å². The van der Waals surface area contributed by atoms with E-state index >= 15 is 0 Å². The van der Waals surface area contributed by atoms with Crippen LogP contribution in [-0.4, -0.2) is 56.0 Å². The maximum Gasteiger partial charge on any atom is 0.417 e. The Morgan fingerprint density at radius 2 is 1.30 bits per heavy atom. The zero-order valence-corrected chi connectivity index (χ0v) is 27.9. The second-order valence-corrected chi connectivity index (χ2v) is 17.6. The summed E-state index contributed by atoms with van der Waals surface area (Å²) in [5.41, 5.74) is -0.101. The number of hydrogen-bond donors (Lipinski definition) is 0. The molecule has 1 saturated heterocycles. The molecule has 1 aliphatic rings. The predicted octanol–water partition coefficient (Wildman–Crippen LogP) is 6.06. The maximum atomic E-state index is 14.3. The molecular formula is C36H45NO6Si. The summed E-state index contributed by atoms with van der Waals surface area (Å²) in [5.74, 6) is -2.17. The van der Waals surface area contributed by atoms with E-state index in [9.17, 15) is 14.4 Å². The van der Waals surface area contributed by atoms with Gasteiger partial charge in [-0.3, -0.25) is 9.59 Å². The van der Waals surface area contributed by atoms with E-state index in [0.717, 1.165) is 15.9 Å². The minimum atomic E-state index is -3.04. The number of benzene rings is 3. The van der Waals surface area contributed by atoms with Gasteiger partial charge in [0.2, 0.25) is 5.91 Å². The monoisotopic (exact) mass is 615 g/mol. The number of nitrogens with zero attached hydrogens (tertiary/aromatic N) is 1. The van der Waals surface area contributed by atoms with Crippen LogP contribution in [-0.2, 0) is 23.5 Å². The summed E-state index contributed by atoms with van der Waals surface area (Å²) >= 11 is 0. The summed E-state index contributed by atoms with van der Waals surface area (Å²) in [5, 5.41) is 1.83. The van der Waals surface area contributed by atoms with E-state index in [2.05, 4.69) is 45.0 Å². The van der Waals surface area contributed by atoms with Crippen LogP contribution < -0.4 is 10.4 Å². The lowest BCUT2D eigenvalue weighted by molar-refractivity contribution is -0.144. The fourth-order valence-electron chi connectivity index (χ4n) is 6.33. The molecule has 44 heavy (non-hydrogen) atoms. The molecule has 3 aromatic carbocycles. The summed E-state index contributed by atoms with van der Waals surface area (Å²) in [6.07, 6.45) is -0.793. The number of likely N-dealkylation sites (tertiary alicyclic amines) is 1. The third-order valence-electron chi connectivity index (χ3n) is 8.10. The van der Waals surface area contributed by atoms with Crippen LogP contribution in [0.5, 0.6) is 0 Å². The lowest BCUT2D eigenvalue weighted by atomic mass is 9.83. The molecule has 0 aliphatic carbocycles. The zero-order chi connectivity index (χ0) is 32.1. The molecule has 1 heterocycles. The van der Waals surface area contributed by atoms with Crippen LogP contribution in [0, 0.1) is 5.92 Å². The Balaban J connectivity index is 1.87. The minimum Gasteiger partial charge on any atom is -0.466 e. The second-order valence-electron chi connectivity index (χ2n) is 13.3. The first-order valence-corrected chi connectivity index (χ1v) is 17.2. The van der Waals surface area contributed by atoms with Crippen molar-refractivity contribution in [3.63, 3.8) is 0 Å². The van der Waals surface area contributed by atoms with Gasteiger partial charge in [0.25, 0.3) is 8.32 Å². The van der Waals surface area contributed by atoms with Gasteiger partial charge in [-0.15, -0.1) is 0 Å². The van der Waals surface area contributed by atoms with Crippen molar-refractivity contribution in [2.75, 3.05) is 13.2 Å². The van der Waals surface area contributed by atoms with Crippen LogP contribution in [0.2, 0.25) is 5.04 Å². The van der Waals surface area contributed by atoms with Gasteiger partial charge in [-0.1, -0.05) is 112 Å². The van der Waals surface area contributed by atoms with Gasteiger partial charge < -0.3 is 13.9 Å². The van der Waals surface area contributed by atoms with Crippen LogP contribution in [0.3, 0.4) is 0 Å². The number of rotatable bonds is 9. The van der Waals surface area contributed by atoms with Crippen molar-refractivity contribution in [1.82, 2.24) is 4.90 Å². The molecule has 0 unspecified atom stereocenters. The fourth-order valence-corrected chi connectivity index (χ4v) is 10.9. The van der Waals surface area contributed by atoms with Gasteiger partial charge in [-0.05, 0) is 48.7 Å². The molecule has 0 N–H and O–H groups in total. The quantitative estimate of drug-likeness (QED) is 0.215. The average molecular weight is 616 g/mol. The van der Waals surface area contributed by atoms with Crippen molar-refractivity contribution in [2.24, 2.45) is 5.92 Å². The van der Waals surface area contributed by atoms with E-state index in [4.69, 9.17) is 13.9 Å². The first-order chi connectivity index (χ1) is 20.8. The Kier molecular flexibility index (Phi) is 10.2. The molecule has 1 fully saturated rings. The molecule has 0 radical (unpaired) electrons. The lowest BCUT2D eigenvalue weighted by Gasteiger charge is -2.44. The van der Waals surface area contributed by atoms with Gasteiger partial charge in [0.05, 0.1) is 31.6 Å². The summed E-state index contributed by atoms with van der Waals surface area (Å²) in [7, 11) is -3.04. The lowest BCUT2D eigenvalue weighted by Crippen LogP contribution is -2.67. The molecule has 0 saturated carbocycles. The first kappa shape index (κ1) is 33.1. The SMILES string of the molecule is CCOC(=O)C[C@@H]1[C@@H](CO[Si](c2ccccc2)(c2ccccc2)C(C)(C)C)N(C(=O)OC(C)(C)C)C(=O)[C@H]1c1ccccc1. The minimum absolute atomic E-state index is 0.0334. The number of esters is 1. The van der Waals surface area contributed by atoms with Gasteiger partial charge in [0, 0.05) is 5.92 Å². The Morgan fingerprint density at radius 1 is 0.795 bits per heavy atom. The third kappa shape index (κ3) is 6.97. The Morgan fingerprint density at radius 3 is 1.75 bits per heavy atom. The molecule has 0 spiro atoms. The Hall–Kier alpha value is -3.75. The molecule has 8 heteroatoms. The molecule has 0 bridgehead atoms. The molecule has 7 nitrogen and oxygen atoms in total. The standard InChI is InChI=1S/C36H45NO6Si/c1-8-41-31(38)24-29-30(37(34(40)43-35(2,3)4)33(39)32(29)26-18-12-9-13-19-26)25-42-44(36(5,6)7,27-20-14-10-15-21-27)28-22-16-11-17-23-28/h9-23,29-30,32H,8,24-25H2,1-7H3/t29-,30-,32+/m1/s1. The van der Waals surface area contributed by atoms with Crippen molar-refractivity contribution in [1.29, 1.82) is 0 Å². The highest BCUT2D eigenvalue weighted by Gasteiger charge is 2.56. The highest BCUT2D eigenvalue weighted by atomic mass is 28.4. The molecule has 1 aliphatic heterocycles. The van der Waals surface area contributed by atoms with Crippen molar-refractivity contribution < 1.29 is 28.3 Å². The van der Waals surface area contributed by atoms with Crippen molar-refractivity contribution >= 4 is 36.7 Å². The van der Waals surface area contributed by atoms with Crippen molar-refractivity contribution in [2.45, 2.75) is 77.5 Å². The molecule has 0 aromatic heterocycles. The Bertz CT molecular complexity index is 1380. The van der Waals surface area contributed by atoms with Crippen LogP contribution in [0.1, 0.15) is 66.4 Å². The van der Waals surface area contributed by atoms with Crippen LogP contribution >= 0.6 is 0 Å². The van der Waals surface area contributed by atoms with Gasteiger partial charge in [-0.2, -0.15) is 0 Å². The van der Waals surface area contributed by atoms with Crippen molar-refractivity contribution in [3.05, 3.63) is 96.6 Å². The summed E-state index contributed by atoms with van der Waals surface area (Å²) in [6.45, 7) is 13.8. The van der Waals surface area contributed by atoms with Gasteiger partial charge >= 0.3 is 12.1 Å². The normalized spacial score (nSPS) is 19.1. The molecule has 3 atom stereocenters. The number of imide groups is 1. The maximum absolute atomic E-state index is 14.3. The Labute approximate surface area is 262 Å². The summed E-state index contributed by atoms with van der Waals surface area (Å²) < 4.78 is 18.4. The smallest absolute Gasteiger partial charge is 0.417 e. The molecular weight excluding hydrogens is 570 g/mol.